The predicted molar refractivity (Wildman–Crippen MR) is 107 cm³/mol. The second kappa shape index (κ2) is 6.95. The summed E-state index contributed by atoms with van der Waals surface area (Å²) in [5.41, 5.74) is 2.78. The standard InChI is InChI=1S/C21H23N7O/c1-14(18-22-13-23-25-18)29-20-16(21(2)10-6-7-11-21)12-17-24-26-19(28(17)27-20)15-8-4-3-5-9-15/h3-5,8-9,12-14H,6-7,10-11H2,1-2H3,(H,22,23,25). The van der Waals surface area contributed by atoms with Crippen molar-refractivity contribution < 1.29 is 4.74 Å². The van der Waals surface area contributed by atoms with Gasteiger partial charge in [-0.25, -0.2) is 4.98 Å². The van der Waals surface area contributed by atoms with Gasteiger partial charge in [-0.05, 0) is 31.2 Å². The number of benzene rings is 1. The summed E-state index contributed by atoms with van der Waals surface area (Å²) in [6.45, 7) is 4.21. The smallest absolute Gasteiger partial charge is 0.236 e. The number of rotatable bonds is 5. The minimum absolute atomic E-state index is 0.0155. The second-order valence-electron chi connectivity index (χ2n) is 7.91. The Bertz CT molecular complexity index is 1110. The summed E-state index contributed by atoms with van der Waals surface area (Å²) < 4.78 is 8.06. The van der Waals surface area contributed by atoms with Crippen molar-refractivity contribution in [1.82, 2.24) is 35.0 Å². The third-order valence-corrected chi connectivity index (χ3v) is 5.83. The molecule has 1 atom stereocenters. The molecule has 0 aliphatic heterocycles. The van der Waals surface area contributed by atoms with Gasteiger partial charge in [-0.2, -0.15) is 9.61 Å². The van der Waals surface area contributed by atoms with E-state index in [2.05, 4.69) is 38.4 Å². The lowest BCUT2D eigenvalue weighted by atomic mass is 9.81. The summed E-state index contributed by atoms with van der Waals surface area (Å²) >= 11 is 0. The highest BCUT2D eigenvalue weighted by molar-refractivity contribution is 5.59. The van der Waals surface area contributed by atoms with E-state index in [0.717, 1.165) is 29.6 Å². The van der Waals surface area contributed by atoms with Crippen molar-refractivity contribution in [3.8, 4) is 17.3 Å². The van der Waals surface area contributed by atoms with E-state index < -0.39 is 0 Å². The molecule has 29 heavy (non-hydrogen) atoms. The van der Waals surface area contributed by atoms with E-state index in [1.807, 2.05) is 37.3 Å². The van der Waals surface area contributed by atoms with E-state index >= 15 is 0 Å². The molecule has 1 aliphatic carbocycles. The Morgan fingerprint density at radius 1 is 1.14 bits per heavy atom. The Balaban J connectivity index is 1.64. The second-order valence-corrected chi connectivity index (χ2v) is 7.91. The molecule has 0 bridgehead atoms. The van der Waals surface area contributed by atoms with Crippen LogP contribution < -0.4 is 4.74 Å². The Morgan fingerprint density at radius 3 is 2.66 bits per heavy atom. The minimum atomic E-state index is -0.327. The quantitative estimate of drug-likeness (QED) is 0.557. The van der Waals surface area contributed by atoms with Crippen LogP contribution in [0.15, 0.2) is 42.7 Å². The molecule has 0 radical (unpaired) electrons. The van der Waals surface area contributed by atoms with E-state index in [9.17, 15) is 0 Å². The normalized spacial score (nSPS) is 16.9. The molecule has 3 aromatic heterocycles. The first-order chi connectivity index (χ1) is 14.1. The highest BCUT2D eigenvalue weighted by Crippen LogP contribution is 2.44. The van der Waals surface area contributed by atoms with Crippen LogP contribution in [0.25, 0.3) is 17.0 Å². The van der Waals surface area contributed by atoms with Crippen LogP contribution in [0.2, 0.25) is 0 Å². The van der Waals surface area contributed by atoms with Crippen LogP contribution in [0.4, 0.5) is 0 Å². The van der Waals surface area contributed by atoms with Gasteiger partial charge in [0.25, 0.3) is 0 Å². The summed E-state index contributed by atoms with van der Waals surface area (Å²) in [6, 6.07) is 12.0. The van der Waals surface area contributed by atoms with Crippen molar-refractivity contribution in [2.24, 2.45) is 0 Å². The molecule has 8 nitrogen and oxygen atoms in total. The number of H-pyrrole nitrogens is 1. The number of ether oxygens (including phenoxy) is 1. The maximum Gasteiger partial charge on any atom is 0.236 e. The number of aromatic nitrogens is 7. The fourth-order valence-electron chi connectivity index (χ4n) is 4.16. The number of hydrogen-bond donors (Lipinski definition) is 1. The van der Waals surface area contributed by atoms with Gasteiger partial charge in [0.15, 0.2) is 23.4 Å². The van der Waals surface area contributed by atoms with E-state index in [-0.39, 0.29) is 11.5 Å². The van der Waals surface area contributed by atoms with Crippen LogP contribution in [-0.4, -0.2) is 35.0 Å². The molecule has 1 saturated carbocycles. The van der Waals surface area contributed by atoms with Crippen molar-refractivity contribution >= 4 is 5.65 Å². The Kier molecular flexibility index (Phi) is 4.26. The van der Waals surface area contributed by atoms with Crippen molar-refractivity contribution in [1.29, 1.82) is 0 Å². The van der Waals surface area contributed by atoms with Gasteiger partial charge in [0.2, 0.25) is 5.88 Å². The molecule has 1 fully saturated rings. The van der Waals surface area contributed by atoms with Gasteiger partial charge in [-0.15, -0.1) is 15.3 Å². The Hall–Kier alpha value is -3.29. The molecule has 0 saturated heterocycles. The van der Waals surface area contributed by atoms with Crippen molar-refractivity contribution in [2.75, 3.05) is 0 Å². The molecule has 1 aromatic carbocycles. The first kappa shape index (κ1) is 17.8. The number of hydrogen-bond acceptors (Lipinski definition) is 6. The van der Waals surface area contributed by atoms with Gasteiger partial charge in [0, 0.05) is 11.1 Å². The lowest BCUT2D eigenvalue weighted by Crippen LogP contribution is -2.21. The molecule has 0 amide bonds. The zero-order chi connectivity index (χ0) is 19.8. The molecule has 0 spiro atoms. The maximum atomic E-state index is 6.30. The number of nitrogens with one attached hydrogen (secondary N) is 1. The van der Waals surface area contributed by atoms with Crippen LogP contribution in [-0.2, 0) is 5.41 Å². The minimum Gasteiger partial charge on any atom is -0.465 e. The SMILES string of the molecule is CC(Oc1nn2c(-c3ccccc3)nnc2cc1C1(C)CCCC1)c1nc[nH]n1. The van der Waals surface area contributed by atoms with Gasteiger partial charge in [-0.1, -0.05) is 50.1 Å². The Labute approximate surface area is 168 Å². The van der Waals surface area contributed by atoms with E-state index in [0.29, 0.717) is 17.5 Å². The Morgan fingerprint density at radius 2 is 1.93 bits per heavy atom. The van der Waals surface area contributed by atoms with Crippen molar-refractivity contribution in [2.45, 2.75) is 51.0 Å². The fourth-order valence-corrected chi connectivity index (χ4v) is 4.16. The maximum absolute atomic E-state index is 6.30. The van der Waals surface area contributed by atoms with Gasteiger partial charge in [0.05, 0.1) is 0 Å². The zero-order valence-corrected chi connectivity index (χ0v) is 16.5. The van der Waals surface area contributed by atoms with Crippen LogP contribution in [0.5, 0.6) is 5.88 Å². The van der Waals surface area contributed by atoms with Crippen LogP contribution in [0, 0.1) is 0 Å². The van der Waals surface area contributed by atoms with E-state index in [1.54, 1.807) is 10.8 Å². The van der Waals surface area contributed by atoms with E-state index in [1.165, 1.54) is 12.8 Å². The van der Waals surface area contributed by atoms with Gasteiger partial charge < -0.3 is 4.74 Å². The van der Waals surface area contributed by atoms with Crippen LogP contribution in [0.1, 0.15) is 57.0 Å². The highest BCUT2D eigenvalue weighted by Gasteiger charge is 2.35. The van der Waals surface area contributed by atoms with Gasteiger partial charge in [-0.3, -0.25) is 5.10 Å². The lowest BCUT2D eigenvalue weighted by molar-refractivity contribution is 0.198. The molecule has 5 rings (SSSR count). The molecule has 1 unspecified atom stereocenters. The van der Waals surface area contributed by atoms with E-state index in [4.69, 9.17) is 9.84 Å². The number of aromatic amines is 1. The summed E-state index contributed by atoms with van der Waals surface area (Å²) in [7, 11) is 0. The average Bonchev–Trinajstić information content (AvgIpc) is 3.49. The molecule has 8 heteroatoms. The van der Waals surface area contributed by atoms with Crippen molar-refractivity contribution in [3.63, 3.8) is 0 Å². The molecule has 148 valence electrons. The van der Waals surface area contributed by atoms with Gasteiger partial charge in [0.1, 0.15) is 6.33 Å². The molecule has 1 aliphatic rings. The largest absolute Gasteiger partial charge is 0.465 e. The van der Waals surface area contributed by atoms with Crippen LogP contribution in [0.3, 0.4) is 0 Å². The zero-order valence-electron chi connectivity index (χ0n) is 16.5. The average molecular weight is 389 g/mol. The monoisotopic (exact) mass is 389 g/mol. The fraction of sp³-hybridized carbons (Fsp3) is 0.381. The third-order valence-electron chi connectivity index (χ3n) is 5.83. The molecule has 4 aromatic rings. The van der Waals surface area contributed by atoms with Crippen molar-refractivity contribution in [3.05, 3.63) is 54.1 Å². The van der Waals surface area contributed by atoms with Crippen LogP contribution >= 0.6 is 0 Å². The summed E-state index contributed by atoms with van der Waals surface area (Å²) in [5, 5.41) is 20.5. The molecule has 1 N–H and O–H groups in total. The topological polar surface area (TPSA) is 93.9 Å². The molecular weight excluding hydrogens is 366 g/mol. The highest BCUT2D eigenvalue weighted by atomic mass is 16.5. The first-order valence-corrected chi connectivity index (χ1v) is 9.99. The number of nitrogens with zero attached hydrogens (tertiary/aromatic N) is 6. The van der Waals surface area contributed by atoms with Gasteiger partial charge >= 0.3 is 0 Å². The molecular formula is C21H23N7O. The lowest BCUT2D eigenvalue weighted by Gasteiger charge is -2.26. The molecule has 3 heterocycles. The predicted octanol–water partition coefficient (Wildman–Crippen LogP) is 3.88. The summed E-state index contributed by atoms with van der Waals surface area (Å²) in [5.74, 6) is 1.89. The summed E-state index contributed by atoms with van der Waals surface area (Å²) in [4.78, 5) is 4.22. The first-order valence-electron chi connectivity index (χ1n) is 9.99. The number of fused-ring (bicyclic) bond motifs is 1. The summed E-state index contributed by atoms with van der Waals surface area (Å²) in [6.07, 6.45) is 5.86. The third kappa shape index (κ3) is 3.14.